The topological polar surface area (TPSA) is 41.6 Å². The minimum Gasteiger partial charge on any atom is -0.263 e. The highest BCUT2D eigenvalue weighted by atomic mass is 15.2. The summed E-state index contributed by atoms with van der Waals surface area (Å²) in [4.78, 5) is 4.33. The first-order valence-corrected chi connectivity index (χ1v) is 4.66. The molecule has 0 amide bonds. The van der Waals surface area contributed by atoms with Crippen molar-refractivity contribution in [3.05, 3.63) is 11.6 Å². The van der Waals surface area contributed by atoms with Crippen LogP contribution in [0.1, 0.15) is 50.7 Å². The van der Waals surface area contributed by atoms with Crippen LogP contribution >= 0.6 is 0 Å². The van der Waals surface area contributed by atoms with Crippen molar-refractivity contribution in [3.63, 3.8) is 0 Å². The number of aromatic nitrogens is 3. The van der Waals surface area contributed by atoms with Gasteiger partial charge in [-0.3, -0.25) is 5.10 Å². The van der Waals surface area contributed by atoms with E-state index in [0.29, 0.717) is 5.92 Å². The van der Waals surface area contributed by atoms with Gasteiger partial charge in [0.1, 0.15) is 5.82 Å². The number of aromatic amines is 1. The molecule has 0 aromatic carbocycles. The molecule has 1 aromatic rings. The number of hydrogen-bond acceptors (Lipinski definition) is 2. The number of rotatable bonds is 4. The fourth-order valence-electron chi connectivity index (χ4n) is 1.41. The Morgan fingerprint density at radius 3 is 2.58 bits per heavy atom. The zero-order valence-corrected chi connectivity index (χ0v) is 8.09. The third-order valence-electron chi connectivity index (χ3n) is 2.11. The van der Waals surface area contributed by atoms with Gasteiger partial charge in [0.15, 0.2) is 5.82 Å². The second kappa shape index (κ2) is 4.24. The second-order valence-electron chi connectivity index (χ2n) is 3.17. The summed E-state index contributed by atoms with van der Waals surface area (Å²) in [6, 6.07) is 0. The molecule has 0 spiro atoms. The Labute approximate surface area is 73.6 Å². The summed E-state index contributed by atoms with van der Waals surface area (Å²) in [6.07, 6.45) is 3.52. The summed E-state index contributed by atoms with van der Waals surface area (Å²) >= 11 is 0. The Morgan fingerprint density at radius 1 is 1.42 bits per heavy atom. The summed E-state index contributed by atoms with van der Waals surface area (Å²) in [7, 11) is 0. The van der Waals surface area contributed by atoms with Gasteiger partial charge in [-0.1, -0.05) is 20.3 Å². The van der Waals surface area contributed by atoms with E-state index in [1.165, 1.54) is 12.8 Å². The number of nitrogens with one attached hydrogen (secondary N) is 1. The Morgan fingerprint density at radius 2 is 2.17 bits per heavy atom. The van der Waals surface area contributed by atoms with Crippen molar-refractivity contribution < 1.29 is 0 Å². The van der Waals surface area contributed by atoms with Crippen LogP contribution in [-0.2, 0) is 0 Å². The lowest BCUT2D eigenvalue weighted by atomic mass is 10.0. The van der Waals surface area contributed by atoms with Crippen LogP contribution in [0.4, 0.5) is 0 Å². The number of aryl methyl sites for hydroxylation is 1. The fraction of sp³-hybridized carbons (Fsp3) is 0.778. The van der Waals surface area contributed by atoms with Gasteiger partial charge < -0.3 is 0 Å². The van der Waals surface area contributed by atoms with E-state index in [2.05, 4.69) is 29.0 Å². The van der Waals surface area contributed by atoms with E-state index in [1.54, 1.807) is 0 Å². The maximum absolute atomic E-state index is 4.33. The van der Waals surface area contributed by atoms with E-state index >= 15 is 0 Å². The Hall–Kier alpha value is -0.860. The molecule has 1 heterocycles. The molecule has 0 saturated carbocycles. The van der Waals surface area contributed by atoms with Gasteiger partial charge in [0, 0.05) is 5.92 Å². The number of nitrogens with zero attached hydrogens (tertiary/aromatic N) is 2. The fourth-order valence-corrected chi connectivity index (χ4v) is 1.41. The maximum Gasteiger partial charge on any atom is 0.153 e. The van der Waals surface area contributed by atoms with E-state index in [9.17, 15) is 0 Å². The van der Waals surface area contributed by atoms with Crippen molar-refractivity contribution in [1.82, 2.24) is 15.2 Å². The van der Waals surface area contributed by atoms with Crippen LogP contribution in [0.25, 0.3) is 0 Å². The Balaban J connectivity index is 2.66. The maximum atomic E-state index is 4.33. The standard InChI is InChI=1S/C9H17N3/c1-4-6-8(5-2)9-10-7(3)11-12-9/h8H,4-6H2,1-3H3,(H,10,11,12). The van der Waals surface area contributed by atoms with E-state index in [0.717, 1.165) is 18.1 Å². The normalized spacial score (nSPS) is 13.2. The van der Waals surface area contributed by atoms with Gasteiger partial charge in [-0.15, -0.1) is 0 Å². The molecule has 3 heteroatoms. The molecular weight excluding hydrogens is 150 g/mol. The SMILES string of the molecule is CCCC(CC)c1n[nH]c(C)n1. The van der Waals surface area contributed by atoms with Crippen LogP contribution in [0.2, 0.25) is 0 Å². The Bertz CT molecular complexity index is 229. The average molecular weight is 167 g/mol. The van der Waals surface area contributed by atoms with Crippen molar-refractivity contribution >= 4 is 0 Å². The predicted molar refractivity (Wildman–Crippen MR) is 49.1 cm³/mol. The average Bonchev–Trinajstić information content (AvgIpc) is 2.47. The monoisotopic (exact) mass is 167 g/mol. The van der Waals surface area contributed by atoms with Crippen molar-refractivity contribution in [2.75, 3.05) is 0 Å². The minimum absolute atomic E-state index is 0.542. The number of hydrogen-bond donors (Lipinski definition) is 1. The molecule has 0 aliphatic heterocycles. The summed E-state index contributed by atoms with van der Waals surface area (Å²) in [5, 5.41) is 7.05. The lowest BCUT2D eigenvalue weighted by molar-refractivity contribution is 0.566. The second-order valence-corrected chi connectivity index (χ2v) is 3.17. The van der Waals surface area contributed by atoms with Crippen LogP contribution in [0.5, 0.6) is 0 Å². The van der Waals surface area contributed by atoms with Crippen LogP contribution < -0.4 is 0 Å². The van der Waals surface area contributed by atoms with Crippen molar-refractivity contribution in [1.29, 1.82) is 0 Å². The highest BCUT2D eigenvalue weighted by Gasteiger charge is 2.12. The predicted octanol–water partition coefficient (Wildman–Crippen LogP) is 2.41. The first-order chi connectivity index (χ1) is 5.77. The molecule has 12 heavy (non-hydrogen) atoms. The molecule has 1 rings (SSSR count). The lowest BCUT2D eigenvalue weighted by Gasteiger charge is -2.07. The van der Waals surface area contributed by atoms with Crippen molar-refractivity contribution in [2.24, 2.45) is 0 Å². The van der Waals surface area contributed by atoms with Crippen LogP contribution in [-0.4, -0.2) is 15.2 Å². The first kappa shape index (κ1) is 9.23. The molecule has 0 aliphatic rings. The molecule has 68 valence electrons. The number of H-pyrrole nitrogens is 1. The van der Waals surface area contributed by atoms with Gasteiger partial charge in [0.25, 0.3) is 0 Å². The van der Waals surface area contributed by atoms with E-state index in [1.807, 2.05) is 6.92 Å². The smallest absolute Gasteiger partial charge is 0.153 e. The molecule has 1 N–H and O–H groups in total. The van der Waals surface area contributed by atoms with Gasteiger partial charge in [-0.25, -0.2) is 4.98 Å². The van der Waals surface area contributed by atoms with Crippen LogP contribution in [0.15, 0.2) is 0 Å². The molecule has 1 aromatic heterocycles. The molecule has 0 bridgehead atoms. The minimum atomic E-state index is 0.542. The Kier molecular flexibility index (Phi) is 3.26. The molecular formula is C9H17N3. The molecule has 0 aliphatic carbocycles. The third-order valence-corrected chi connectivity index (χ3v) is 2.11. The lowest BCUT2D eigenvalue weighted by Crippen LogP contribution is -1.99. The van der Waals surface area contributed by atoms with Gasteiger partial charge in [0.05, 0.1) is 0 Å². The first-order valence-electron chi connectivity index (χ1n) is 4.66. The van der Waals surface area contributed by atoms with Crippen LogP contribution in [0.3, 0.4) is 0 Å². The molecule has 0 radical (unpaired) electrons. The quantitative estimate of drug-likeness (QED) is 0.748. The van der Waals surface area contributed by atoms with Gasteiger partial charge in [0.2, 0.25) is 0 Å². The van der Waals surface area contributed by atoms with Gasteiger partial charge in [-0.2, -0.15) is 5.10 Å². The molecule has 1 atom stereocenters. The summed E-state index contributed by atoms with van der Waals surface area (Å²) in [5.74, 6) is 2.44. The van der Waals surface area contributed by atoms with Crippen LogP contribution in [0, 0.1) is 6.92 Å². The van der Waals surface area contributed by atoms with Gasteiger partial charge >= 0.3 is 0 Å². The molecule has 1 unspecified atom stereocenters. The molecule has 0 saturated heterocycles. The third kappa shape index (κ3) is 2.06. The molecule has 0 fully saturated rings. The highest BCUT2D eigenvalue weighted by Crippen LogP contribution is 2.20. The van der Waals surface area contributed by atoms with E-state index in [4.69, 9.17) is 0 Å². The van der Waals surface area contributed by atoms with E-state index in [-0.39, 0.29) is 0 Å². The summed E-state index contributed by atoms with van der Waals surface area (Å²) in [6.45, 7) is 6.32. The van der Waals surface area contributed by atoms with Crippen molar-refractivity contribution in [3.8, 4) is 0 Å². The summed E-state index contributed by atoms with van der Waals surface area (Å²) < 4.78 is 0. The van der Waals surface area contributed by atoms with Gasteiger partial charge in [-0.05, 0) is 19.8 Å². The molecule has 3 nitrogen and oxygen atoms in total. The van der Waals surface area contributed by atoms with Crippen molar-refractivity contribution in [2.45, 2.75) is 46.0 Å². The largest absolute Gasteiger partial charge is 0.263 e. The van der Waals surface area contributed by atoms with E-state index < -0.39 is 0 Å². The highest BCUT2D eigenvalue weighted by molar-refractivity contribution is 4.95. The zero-order chi connectivity index (χ0) is 8.97. The zero-order valence-electron chi connectivity index (χ0n) is 8.09. The summed E-state index contributed by atoms with van der Waals surface area (Å²) in [5.41, 5.74) is 0.